The Morgan fingerprint density at radius 1 is 1.19 bits per heavy atom. The van der Waals surface area contributed by atoms with Crippen molar-refractivity contribution in [1.82, 2.24) is 5.06 Å². The molecule has 0 saturated carbocycles. The highest BCUT2D eigenvalue weighted by Crippen LogP contribution is 2.21. The van der Waals surface area contributed by atoms with E-state index in [1.807, 2.05) is 30.3 Å². The fraction of sp³-hybridized carbons (Fsp3) is 0.188. The van der Waals surface area contributed by atoms with Gasteiger partial charge in [-0.1, -0.05) is 30.3 Å². The van der Waals surface area contributed by atoms with Crippen LogP contribution in [0.2, 0.25) is 0 Å². The molecule has 0 aliphatic carbocycles. The second-order valence-electron chi connectivity index (χ2n) is 4.40. The molecule has 0 aliphatic heterocycles. The summed E-state index contributed by atoms with van der Waals surface area (Å²) in [5.74, 6) is -0.848. The van der Waals surface area contributed by atoms with Crippen molar-refractivity contribution in [2.24, 2.45) is 0 Å². The van der Waals surface area contributed by atoms with Crippen LogP contribution in [-0.2, 0) is 11.4 Å². The lowest BCUT2D eigenvalue weighted by Gasteiger charge is -2.14. The highest BCUT2D eigenvalue weighted by molar-refractivity contribution is 5.93. The summed E-state index contributed by atoms with van der Waals surface area (Å²) in [6.45, 7) is 0.232. The van der Waals surface area contributed by atoms with Crippen LogP contribution >= 0.6 is 0 Å². The third-order valence-corrected chi connectivity index (χ3v) is 2.98. The van der Waals surface area contributed by atoms with E-state index in [0.29, 0.717) is 5.56 Å². The summed E-state index contributed by atoms with van der Waals surface area (Å²) in [5.41, 5.74) is 1.21. The molecular formula is C16H16FNO3. The van der Waals surface area contributed by atoms with E-state index >= 15 is 0 Å². The predicted molar refractivity (Wildman–Crippen MR) is 76.3 cm³/mol. The van der Waals surface area contributed by atoms with Crippen molar-refractivity contribution >= 4 is 5.91 Å². The van der Waals surface area contributed by atoms with Gasteiger partial charge in [-0.2, -0.15) is 0 Å². The van der Waals surface area contributed by atoms with Crippen LogP contribution in [0.5, 0.6) is 5.75 Å². The van der Waals surface area contributed by atoms with Gasteiger partial charge in [-0.3, -0.25) is 9.63 Å². The molecule has 2 aromatic rings. The number of carbonyl (C=O) groups excluding carboxylic acids is 1. The largest absolute Gasteiger partial charge is 0.486 e. The minimum absolute atomic E-state index is 0.0363. The predicted octanol–water partition coefficient (Wildman–Crippen LogP) is 3.04. The number of hydroxylamine groups is 2. The standard InChI is InChI=1S/C16H16FNO3/c1-18(20-2)16(19)13-8-9-14(17)15(10-13)21-11-12-6-4-3-5-7-12/h3-10H,11H2,1-2H3. The Balaban J connectivity index is 2.14. The van der Waals surface area contributed by atoms with Gasteiger partial charge in [0.05, 0.1) is 7.11 Å². The van der Waals surface area contributed by atoms with E-state index in [1.165, 1.54) is 32.4 Å². The van der Waals surface area contributed by atoms with Crippen LogP contribution in [0.4, 0.5) is 4.39 Å². The van der Waals surface area contributed by atoms with E-state index in [-0.39, 0.29) is 18.3 Å². The molecule has 0 fully saturated rings. The molecule has 1 amide bonds. The van der Waals surface area contributed by atoms with Gasteiger partial charge in [-0.05, 0) is 23.8 Å². The quantitative estimate of drug-likeness (QED) is 0.794. The van der Waals surface area contributed by atoms with Gasteiger partial charge >= 0.3 is 0 Å². The first kappa shape index (κ1) is 15.0. The third-order valence-electron chi connectivity index (χ3n) is 2.98. The minimum Gasteiger partial charge on any atom is -0.486 e. The molecular weight excluding hydrogens is 273 g/mol. The number of hydrogen-bond donors (Lipinski definition) is 0. The maximum absolute atomic E-state index is 13.7. The number of halogens is 1. The smallest absolute Gasteiger partial charge is 0.277 e. The van der Waals surface area contributed by atoms with E-state index < -0.39 is 5.82 Å². The zero-order chi connectivity index (χ0) is 15.2. The second-order valence-corrected chi connectivity index (χ2v) is 4.40. The number of rotatable bonds is 5. The lowest BCUT2D eigenvalue weighted by molar-refractivity contribution is -0.0757. The van der Waals surface area contributed by atoms with E-state index in [2.05, 4.69) is 0 Å². The second kappa shape index (κ2) is 6.85. The normalized spacial score (nSPS) is 10.2. The van der Waals surface area contributed by atoms with Crippen molar-refractivity contribution in [2.45, 2.75) is 6.61 Å². The van der Waals surface area contributed by atoms with E-state index in [4.69, 9.17) is 9.57 Å². The number of amides is 1. The van der Waals surface area contributed by atoms with Crippen molar-refractivity contribution in [3.63, 3.8) is 0 Å². The van der Waals surface area contributed by atoms with Crippen LogP contribution < -0.4 is 4.74 Å². The lowest BCUT2D eigenvalue weighted by atomic mass is 10.2. The van der Waals surface area contributed by atoms with Gasteiger partial charge in [0.25, 0.3) is 5.91 Å². The Morgan fingerprint density at radius 2 is 1.90 bits per heavy atom. The van der Waals surface area contributed by atoms with E-state index in [0.717, 1.165) is 10.6 Å². The van der Waals surface area contributed by atoms with Gasteiger partial charge < -0.3 is 4.74 Å². The molecule has 0 unspecified atom stereocenters. The average molecular weight is 289 g/mol. The average Bonchev–Trinajstić information content (AvgIpc) is 2.53. The molecule has 2 rings (SSSR count). The maximum atomic E-state index is 13.7. The van der Waals surface area contributed by atoms with Gasteiger partial charge in [-0.15, -0.1) is 0 Å². The molecule has 0 saturated heterocycles. The van der Waals surface area contributed by atoms with Crippen LogP contribution in [0.1, 0.15) is 15.9 Å². The summed E-state index contributed by atoms with van der Waals surface area (Å²) >= 11 is 0. The summed E-state index contributed by atoms with van der Waals surface area (Å²) in [5, 5.41) is 1.06. The first-order valence-electron chi connectivity index (χ1n) is 6.40. The van der Waals surface area contributed by atoms with Crippen molar-refractivity contribution in [2.75, 3.05) is 14.2 Å². The first-order chi connectivity index (χ1) is 10.1. The summed E-state index contributed by atoms with van der Waals surface area (Å²) < 4.78 is 19.2. The number of hydrogen-bond acceptors (Lipinski definition) is 3. The topological polar surface area (TPSA) is 38.8 Å². The number of carbonyl (C=O) groups is 1. The number of ether oxygens (including phenoxy) is 1. The summed E-state index contributed by atoms with van der Waals surface area (Å²) in [7, 11) is 2.87. The molecule has 0 bridgehead atoms. The van der Waals surface area contributed by atoms with Gasteiger partial charge in [0, 0.05) is 12.6 Å². The molecule has 21 heavy (non-hydrogen) atoms. The van der Waals surface area contributed by atoms with Crippen LogP contribution in [0, 0.1) is 5.82 Å². The summed E-state index contributed by atoms with van der Waals surface area (Å²) in [6, 6.07) is 13.4. The Labute approximate surface area is 122 Å². The fourth-order valence-electron chi connectivity index (χ4n) is 1.75. The molecule has 2 aromatic carbocycles. The van der Waals surface area contributed by atoms with Gasteiger partial charge in [0.15, 0.2) is 11.6 Å². The number of nitrogens with zero attached hydrogens (tertiary/aromatic N) is 1. The molecule has 5 heteroatoms. The monoisotopic (exact) mass is 289 g/mol. The molecule has 4 nitrogen and oxygen atoms in total. The molecule has 0 spiro atoms. The van der Waals surface area contributed by atoms with Crippen molar-refractivity contribution in [3.05, 3.63) is 65.5 Å². The molecule has 0 atom stereocenters. The van der Waals surface area contributed by atoms with E-state index in [9.17, 15) is 9.18 Å². The van der Waals surface area contributed by atoms with Crippen molar-refractivity contribution in [1.29, 1.82) is 0 Å². The molecule has 0 radical (unpaired) electrons. The maximum Gasteiger partial charge on any atom is 0.277 e. The number of benzene rings is 2. The Hall–Kier alpha value is -2.40. The van der Waals surface area contributed by atoms with Crippen LogP contribution in [0.3, 0.4) is 0 Å². The Bertz CT molecular complexity index is 616. The van der Waals surface area contributed by atoms with Crippen LogP contribution in [-0.4, -0.2) is 25.1 Å². The highest BCUT2D eigenvalue weighted by Gasteiger charge is 2.14. The molecule has 0 heterocycles. The van der Waals surface area contributed by atoms with Gasteiger partial charge in [0.2, 0.25) is 0 Å². The first-order valence-corrected chi connectivity index (χ1v) is 6.40. The minimum atomic E-state index is -0.512. The lowest BCUT2D eigenvalue weighted by Crippen LogP contribution is -2.25. The third kappa shape index (κ3) is 3.79. The van der Waals surface area contributed by atoms with E-state index in [1.54, 1.807) is 0 Å². The Kier molecular flexibility index (Phi) is 4.90. The Morgan fingerprint density at radius 3 is 2.57 bits per heavy atom. The molecule has 0 aliphatic rings. The van der Waals surface area contributed by atoms with Crippen molar-refractivity contribution in [3.8, 4) is 5.75 Å². The van der Waals surface area contributed by atoms with Crippen molar-refractivity contribution < 1.29 is 18.8 Å². The molecule has 0 aromatic heterocycles. The van der Waals surface area contributed by atoms with Crippen LogP contribution in [0.25, 0.3) is 0 Å². The summed E-state index contributed by atoms with van der Waals surface area (Å²) in [4.78, 5) is 16.8. The van der Waals surface area contributed by atoms with Gasteiger partial charge in [-0.25, -0.2) is 9.45 Å². The SMILES string of the molecule is CON(C)C(=O)c1ccc(F)c(OCc2ccccc2)c1. The fourth-order valence-corrected chi connectivity index (χ4v) is 1.75. The molecule has 110 valence electrons. The van der Waals surface area contributed by atoms with Crippen LogP contribution in [0.15, 0.2) is 48.5 Å². The van der Waals surface area contributed by atoms with Gasteiger partial charge in [0.1, 0.15) is 6.61 Å². The zero-order valence-corrected chi connectivity index (χ0v) is 11.9. The zero-order valence-electron chi connectivity index (χ0n) is 11.9. The highest BCUT2D eigenvalue weighted by atomic mass is 19.1. The molecule has 0 N–H and O–H groups in total. The summed E-state index contributed by atoms with van der Waals surface area (Å²) in [6.07, 6.45) is 0.